The Bertz CT molecular complexity index is 427. The van der Waals surface area contributed by atoms with Crippen molar-refractivity contribution in [3.8, 4) is 5.75 Å². The third-order valence-corrected chi connectivity index (χ3v) is 3.42. The fourth-order valence-corrected chi connectivity index (χ4v) is 1.49. The molecule has 5 heteroatoms. The average molecular weight is 280 g/mol. The number of benzene rings is 1. The quantitative estimate of drug-likeness (QED) is 0.710. The fraction of sp³-hybridized carbons (Fsp3) is 0.533. The number of nitrogens with one attached hydrogen (secondary N) is 1. The normalized spacial score (nSPS) is 11.7. The van der Waals surface area contributed by atoms with Crippen LogP contribution in [0.5, 0.6) is 5.75 Å². The maximum Gasteiger partial charge on any atom is 0.335 e. The van der Waals surface area contributed by atoms with E-state index in [0.29, 0.717) is 12.4 Å². The van der Waals surface area contributed by atoms with Crippen LogP contribution in [0, 0.1) is 0 Å². The van der Waals surface area contributed by atoms with E-state index in [2.05, 4.69) is 38.2 Å². The lowest BCUT2D eigenvalue weighted by atomic mass is 10.0. The lowest BCUT2D eigenvalue weighted by Crippen LogP contribution is -2.47. The van der Waals surface area contributed by atoms with Crippen LogP contribution in [0.4, 0.5) is 0 Å². The van der Waals surface area contributed by atoms with Gasteiger partial charge in [0, 0.05) is 18.6 Å². The number of rotatable bonds is 8. The van der Waals surface area contributed by atoms with Crippen LogP contribution < -0.4 is 10.1 Å². The van der Waals surface area contributed by atoms with Crippen LogP contribution in [0.3, 0.4) is 0 Å². The van der Waals surface area contributed by atoms with Crippen molar-refractivity contribution in [3.63, 3.8) is 0 Å². The molecular formula is C15H24N2O3. The Morgan fingerprint density at radius 1 is 1.30 bits per heavy atom. The highest BCUT2D eigenvalue weighted by Crippen LogP contribution is 2.12. The largest absolute Gasteiger partial charge is 0.492 e. The van der Waals surface area contributed by atoms with E-state index < -0.39 is 5.97 Å². The fourth-order valence-electron chi connectivity index (χ4n) is 1.49. The molecule has 112 valence electrons. The highest BCUT2D eigenvalue weighted by Gasteiger charge is 2.19. The van der Waals surface area contributed by atoms with Gasteiger partial charge in [0.15, 0.2) is 0 Å². The number of hydrogen-bond acceptors (Lipinski definition) is 4. The number of carbonyl (C=O) groups is 1. The van der Waals surface area contributed by atoms with Gasteiger partial charge in [-0.15, -0.1) is 0 Å². The second kappa shape index (κ2) is 7.26. The van der Waals surface area contributed by atoms with Crippen molar-refractivity contribution in [2.24, 2.45) is 0 Å². The van der Waals surface area contributed by atoms with Crippen LogP contribution in [0.1, 0.15) is 24.2 Å². The van der Waals surface area contributed by atoms with Gasteiger partial charge in [0.25, 0.3) is 0 Å². The Kier molecular flexibility index (Phi) is 5.98. The Morgan fingerprint density at radius 2 is 1.90 bits per heavy atom. The molecule has 0 aliphatic carbocycles. The van der Waals surface area contributed by atoms with Crippen LogP contribution in [0.25, 0.3) is 0 Å². The Balaban J connectivity index is 2.26. The highest BCUT2D eigenvalue weighted by molar-refractivity contribution is 5.87. The van der Waals surface area contributed by atoms with Gasteiger partial charge >= 0.3 is 5.97 Å². The van der Waals surface area contributed by atoms with Gasteiger partial charge in [0.2, 0.25) is 0 Å². The van der Waals surface area contributed by atoms with Gasteiger partial charge in [-0.1, -0.05) is 0 Å². The molecule has 0 fully saturated rings. The van der Waals surface area contributed by atoms with Gasteiger partial charge in [0.05, 0.1) is 5.56 Å². The summed E-state index contributed by atoms with van der Waals surface area (Å²) < 4.78 is 5.55. The van der Waals surface area contributed by atoms with Crippen molar-refractivity contribution >= 4 is 5.97 Å². The molecule has 0 aliphatic heterocycles. The van der Waals surface area contributed by atoms with Crippen LogP contribution in [-0.4, -0.2) is 55.3 Å². The molecule has 0 amide bonds. The summed E-state index contributed by atoms with van der Waals surface area (Å²) in [5, 5.41) is 12.1. The van der Waals surface area contributed by atoms with E-state index in [4.69, 9.17) is 9.84 Å². The summed E-state index contributed by atoms with van der Waals surface area (Å²) in [6, 6.07) is 6.43. The van der Waals surface area contributed by atoms with Crippen molar-refractivity contribution < 1.29 is 14.6 Å². The molecule has 0 atom stereocenters. The minimum atomic E-state index is -0.927. The number of likely N-dealkylation sites (N-methyl/N-ethyl adjacent to an activating group) is 1. The van der Waals surface area contributed by atoms with Crippen molar-refractivity contribution in [1.29, 1.82) is 0 Å². The Labute approximate surface area is 120 Å². The van der Waals surface area contributed by atoms with E-state index in [-0.39, 0.29) is 11.1 Å². The summed E-state index contributed by atoms with van der Waals surface area (Å²) in [4.78, 5) is 12.9. The molecule has 1 rings (SSSR count). The Hall–Kier alpha value is -1.59. The molecule has 0 saturated carbocycles. The standard InChI is InChI=1S/C15H24N2O3/c1-15(2,17(3)4)11-16-9-10-20-13-7-5-12(6-8-13)14(18)19/h5-8,16H,9-11H2,1-4H3,(H,18,19). The third-order valence-electron chi connectivity index (χ3n) is 3.42. The molecule has 1 aromatic carbocycles. The first-order chi connectivity index (χ1) is 9.33. The molecule has 0 heterocycles. The molecule has 0 spiro atoms. The van der Waals surface area contributed by atoms with E-state index in [9.17, 15) is 4.79 Å². The summed E-state index contributed by atoms with van der Waals surface area (Å²) >= 11 is 0. The zero-order chi connectivity index (χ0) is 15.2. The maximum atomic E-state index is 10.7. The number of carboxylic acid groups (broad SMARTS) is 1. The number of ether oxygens (including phenoxy) is 1. The van der Waals surface area contributed by atoms with E-state index in [1.165, 1.54) is 0 Å². The van der Waals surface area contributed by atoms with E-state index in [0.717, 1.165) is 13.1 Å². The summed E-state index contributed by atoms with van der Waals surface area (Å²) in [6.45, 7) is 6.52. The van der Waals surface area contributed by atoms with Gasteiger partial charge in [-0.25, -0.2) is 4.79 Å². The van der Waals surface area contributed by atoms with Crippen LogP contribution in [0.15, 0.2) is 24.3 Å². The topological polar surface area (TPSA) is 61.8 Å². The lowest BCUT2D eigenvalue weighted by Gasteiger charge is -2.32. The predicted octanol–water partition coefficient (Wildman–Crippen LogP) is 1.69. The van der Waals surface area contributed by atoms with Crippen LogP contribution >= 0.6 is 0 Å². The molecular weight excluding hydrogens is 256 g/mol. The predicted molar refractivity (Wildman–Crippen MR) is 79.5 cm³/mol. The van der Waals surface area contributed by atoms with Crippen LogP contribution in [-0.2, 0) is 0 Å². The minimum absolute atomic E-state index is 0.100. The molecule has 5 nitrogen and oxygen atoms in total. The molecule has 2 N–H and O–H groups in total. The van der Waals surface area contributed by atoms with Crippen molar-refractivity contribution in [1.82, 2.24) is 10.2 Å². The van der Waals surface area contributed by atoms with Gasteiger partial charge in [-0.3, -0.25) is 0 Å². The first kappa shape index (κ1) is 16.5. The highest BCUT2D eigenvalue weighted by atomic mass is 16.5. The monoisotopic (exact) mass is 280 g/mol. The maximum absolute atomic E-state index is 10.7. The van der Waals surface area contributed by atoms with Gasteiger partial charge in [0.1, 0.15) is 12.4 Å². The van der Waals surface area contributed by atoms with E-state index in [1.807, 2.05) is 0 Å². The van der Waals surface area contributed by atoms with Gasteiger partial charge < -0.3 is 20.1 Å². The lowest BCUT2D eigenvalue weighted by molar-refractivity contribution is 0.0697. The second-order valence-electron chi connectivity index (χ2n) is 5.56. The molecule has 0 aromatic heterocycles. The SMILES string of the molecule is CN(C)C(C)(C)CNCCOc1ccc(C(=O)O)cc1. The number of hydrogen-bond donors (Lipinski definition) is 2. The summed E-state index contributed by atoms with van der Waals surface area (Å²) in [5.74, 6) is -0.243. The number of carboxylic acids is 1. The zero-order valence-corrected chi connectivity index (χ0v) is 12.6. The summed E-state index contributed by atoms with van der Waals surface area (Å²) in [6.07, 6.45) is 0. The zero-order valence-electron chi connectivity index (χ0n) is 12.6. The first-order valence-electron chi connectivity index (χ1n) is 6.67. The number of aromatic carboxylic acids is 1. The molecule has 0 saturated heterocycles. The summed E-state index contributed by atoms with van der Waals surface area (Å²) in [5.41, 5.74) is 0.367. The molecule has 0 unspecified atom stereocenters. The second-order valence-corrected chi connectivity index (χ2v) is 5.56. The van der Waals surface area contributed by atoms with Crippen molar-refractivity contribution in [2.75, 3.05) is 33.8 Å². The molecule has 1 aromatic rings. The molecule has 0 bridgehead atoms. The van der Waals surface area contributed by atoms with Crippen molar-refractivity contribution in [3.05, 3.63) is 29.8 Å². The van der Waals surface area contributed by atoms with Gasteiger partial charge in [-0.05, 0) is 52.2 Å². The summed E-state index contributed by atoms with van der Waals surface area (Å²) in [7, 11) is 4.12. The molecule has 0 radical (unpaired) electrons. The smallest absolute Gasteiger partial charge is 0.335 e. The van der Waals surface area contributed by atoms with E-state index in [1.54, 1.807) is 24.3 Å². The molecule has 20 heavy (non-hydrogen) atoms. The average Bonchev–Trinajstić information content (AvgIpc) is 2.38. The van der Waals surface area contributed by atoms with Crippen molar-refractivity contribution in [2.45, 2.75) is 19.4 Å². The van der Waals surface area contributed by atoms with Crippen LogP contribution in [0.2, 0.25) is 0 Å². The molecule has 0 aliphatic rings. The Morgan fingerprint density at radius 3 is 2.40 bits per heavy atom. The van der Waals surface area contributed by atoms with E-state index >= 15 is 0 Å². The number of nitrogens with zero attached hydrogens (tertiary/aromatic N) is 1. The van der Waals surface area contributed by atoms with Gasteiger partial charge in [-0.2, -0.15) is 0 Å². The first-order valence-corrected chi connectivity index (χ1v) is 6.67. The third kappa shape index (κ3) is 5.19. The minimum Gasteiger partial charge on any atom is -0.492 e.